The van der Waals surface area contributed by atoms with Crippen molar-refractivity contribution in [1.82, 2.24) is 0 Å². The van der Waals surface area contributed by atoms with Crippen molar-refractivity contribution in [3.05, 3.63) is 0 Å². The van der Waals surface area contributed by atoms with Crippen LogP contribution >= 0.6 is 0 Å². The summed E-state index contributed by atoms with van der Waals surface area (Å²) >= 11 is -4.64. The molecule has 5 heteroatoms. The van der Waals surface area contributed by atoms with E-state index in [0.717, 1.165) is 0 Å². The fraction of sp³-hybridized carbons (Fsp3) is 0. The Hall–Kier alpha value is 0.920. The Bertz CT molecular complexity index is 11.6. The minimum atomic E-state index is -4.64. The topological polar surface area (TPSA) is 0 Å². The smallest absolute Gasteiger partial charge is 0.346 e. The molecule has 0 aromatic carbocycles. The van der Waals surface area contributed by atoms with Gasteiger partial charge < -0.3 is 10.6 Å². The summed E-state index contributed by atoms with van der Waals surface area (Å²) in [7, 11) is 0. The molecule has 0 unspecified atom stereocenters. The number of halogens is 3. The van der Waals surface area contributed by atoms with Crippen molar-refractivity contribution in [1.29, 1.82) is 0 Å². The van der Waals surface area contributed by atoms with Gasteiger partial charge in [0.05, 0.1) is 0 Å². The zero-order chi connectivity index (χ0) is 3.58. The maximum atomic E-state index is 9.81. The van der Waals surface area contributed by atoms with Crippen molar-refractivity contribution in [2.24, 2.45) is 0 Å². The minimum absolute atomic E-state index is 0. The van der Waals surface area contributed by atoms with E-state index in [1.165, 1.54) is 0 Å². The quantitative estimate of drug-likeness (QED) is 0.299. The van der Waals surface area contributed by atoms with Crippen LogP contribution in [0.25, 0.3) is 0 Å². The second kappa shape index (κ2) is 4.92. The second-order valence-corrected chi connectivity index (χ2v) is 0.742. The van der Waals surface area contributed by atoms with E-state index in [-0.39, 0.29) is 18.9 Å². The van der Waals surface area contributed by atoms with Crippen molar-refractivity contribution in [2.75, 3.05) is 0 Å². The summed E-state index contributed by atoms with van der Waals surface area (Å²) in [6.07, 6.45) is 0. The number of rotatable bonds is 0. The first-order valence-electron chi connectivity index (χ1n) is 0.655. The molecule has 0 fully saturated rings. The van der Waals surface area contributed by atoms with E-state index in [4.69, 9.17) is 0 Å². The molecule has 0 atom stereocenters. The van der Waals surface area contributed by atoms with E-state index < -0.39 is 15.5 Å². The molecule has 0 saturated carbocycles. The van der Waals surface area contributed by atoms with Crippen molar-refractivity contribution < 1.29 is 29.4 Å². The first kappa shape index (κ1) is 9.33. The van der Waals surface area contributed by atoms with E-state index in [1.54, 1.807) is 0 Å². The van der Waals surface area contributed by atoms with E-state index in [9.17, 15) is 10.6 Å². The summed E-state index contributed by atoms with van der Waals surface area (Å²) in [6.45, 7) is 0. The third kappa shape index (κ3) is 49.6. The average molecular weight is 90.9 g/mol. The van der Waals surface area contributed by atoms with Gasteiger partial charge in [-0.15, -0.1) is 0 Å². The fourth-order valence-corrected chi connectivity index (χ4v) is 0. The van der Waals surface area contributed by atoms with Crippen molar-refractivity contribution in [2.45, 2.75) is 0 Å². The zero-order valence-electron chi connectivity index (χ0n) is 2.71. The molecular formula is AlF3Li+. The van der Waals surface area contributed by atoms with Gasteiger partial charge in [0.1, 0.15) is 0 Å². The van der Waals surface area contributed by atoms with Gasteiger partial charge in [0.25, 0.3) is 0 Å². The second-order valence-electron chi connectivity index (χ2n) is 0.247. The van der Waals surface area contributed by atoms with Gasteiger partial charge in [0, 0.05) is 0 Å². The van der Waals surface area contributed by atoms with Gasteiger partial charge in [-0.3, -0.25) is 0 Å². The molecule has 0 aliphatic rings. The molecule has 0 aromatic heterocycles. The third-order valence-corrected chi connectivity index (χ3v) is 0. The summed E-state index contributed by atoms with van der Waals surface area (Å²) in [5.41, 5.74) is 0. The summed E-state index contributed by atoms with van der Waals surface area (Å²) < 4.78 is 29.4. The van der Waals surface area contributed by atoms with Gasteiger partial charge in [-0.25, -0.2) is 0 Å². The van der Waals surface area contributed by atoms with Crippen LogP contribution in [-0.4, -0.2) is 15.5 Å². The molecule has 0 rings (SSSR count). The van der Waals surface area contributed by atoms with Crippen molar-refractivity contribution >= 4 is 15.5 Å². The van der Waals surface area contributed by atoms with E-state index in [1.807, 2.05) is 0 Å². The molecule has 0 aromatic rings. The normalized spacial score (nSPS) is 5.40. The molecule has 0 aliphatic carbocycles. The molecule has 0 N–H and O–H groups in total. The van der Waals surface area contributed by atoms with Gasteiger partial charge in [0.2, 0.25) is 0 Å². The third-order valence-electron chi connectivity index (χ3n) is 0. The molecule has 0 saturated heterocycles. The van der Waals surface area contributed by atoms with E-state index in [2.05, 4.69) is 0 Å². The van der Waals surface area contributed by atoms with Gasteiger partial charge in [-0.2, -0.15) is 0 Å². The molecule has 0 heterocycles. The van der Waals surface area contributed by atoms with Crippen LogP contribution in [0, 0.1) is 0 Å². The molecule has 0 radical (unpaired) electrons. The first-order chi connectivity index (χ1) is 1.73. The predicted octanol–water partition coefficient (Wildman–Crippen LogP) is -2.12. The standard InChI is InChI=1S/Al.3FH.Li/h;3*1H;/q+3;;;;+1/p-3. The van der Waals surface area contributed by atoms with E-state index >= 15 is 0 Å². The van der Waals surface area contributed by atoms with Crippen LogP contribution in [0.3, 0.4) is 0 Å². The molecule has 0 nitrogen and oxygen atoms in total. The predicted molar refractivity (Wildman–Crippen MR) is 9.08 cm³/mol. The van der Waals surface area contributed by atoms with Gasteiger partial charge in [-0.05, 0) is 0 Å². The van der Waals surface area contributed by atoms with Crippen LogP contribution in [0.15, 0.2) is 0 Å². The van der Waals surface area contributed by atoms with Crippen LogP contribution in [0.5, 0.6) is 0 Å². The largest absolute Gasteiger partial charge is 1.04 e. The SMILES string of the molecule is [F][Al]([F])[F].[Li+]. The van der Waals surface area contributed by atoms with Crippen LogP contribution < -0.4 is 18.9 Å². The Balaban J connectivity index is 0. The van der Waals surface area contributed by atoms with E-state index in [0.29, 0.717) is 0 Å². The number of hydrogen-bond acceptors (Lipinski definition) is 0. The Labute approximate surface area is 45.4 Å². The van der Waals surface area contributed by atoms with Gasteiger partial charge >= 0.3 is 34.4 Å². The fourth-order valence-electron chi connectivity index (χ4n) is 0. The van der Waals surface area contributed by atoms with Gasteiger partial charge in [0.15, 0.2) is 0 Å². The van der Waals surface area contributed by atoms with Crippen LogP contribution in [0.2, 0.25) is 0 Å². The average Bonchev–Trinajstić information content (AvgIpc) is 0.811. The summed E-state index contributed by atoms with van der Waals surface area (Å²) in [6, 6.07) is 0. The Kier molecular flexibility index (Phi) is 9.18. The van der Waals surface area contributed by atoms with Gasteiger partial charge in [-0.1, -0.05) is 0 Å². The Morgan fingerprint density at radius 2 is 1.00 bits per heavy atom. The van der Waals surface area contributed by atoms with Crippen molar-refractivity contribution in [3.63, 3.8) is 0 Å². The summed E-state index contributed by atoms with van der Waals surface area (Å²) in [5.74, 6) is 0. The number of hydrogen-bond donors (Lipinski definition) is 0. The summed E-state index contributed by atoms with van der Waals surface area (Å²) in [4.78, 5) is 0. The molecule has 0 bridgehead atoms. The maximum Gasteiger partial charge on any atom is 1.04 e. The van der Waals surface area contributed by atoms with Crippen LogP contribution in [0.4, 0.5) is 10.6 Å². The van der Waals surface area contributed by atoms with Crippen LogP contribution in [-0.2, 0) is 0 Å². The molecule has 0 spiro atoms. The summed E-state index contributed by atoms with van der Waals surface area (Å²) in [5, 5.41) is 0. The molecule has 5 heavy (non-hydrogen) atoms. The monoisotopic (exact) mass is 91.0 g/mol. The molecule has 0 amide bonds. The zero-order valence-corrected chi connectivity index (χ0v) is 3.87. The first-order valence-corrected chi connectivity index (χ1v) is 1.96. The Morgan fingerprint density at radius 3 is 1.00 bits per heavy atom. The molecular weight excluding hydrogens is 90.9 g/mol. The minimum Gasteiger partial charge on any atom is -0.346 e. The maximum absolute atomic E-state index is 9.81. The van der Waals surface area contributed by atoms with Crippen molar-refractivity contribution in [3.8, 4) is 0 Å². The van der Waals surface area contributed by atoms with Crippen LogP contribution in [0.1, 0.15) is 0 Å². The molecule has 24 valence electrons. The molecule has 0 aliphatic heterocycles. The Morgan fingerprint density at radius 1 is 1.00 bits per heavy atom.